The molecule has 10 heteroatoms. The van der Waals surface area contributed by atoms with Crippen LogP contribution in [0.15, 0.2) is 49.1 Å². The summed E-state index contributed by atoms with van der Waals surface area (Å²) >= 11 is 6.45. The molecule has 4 heterocycles. The predicted molar refractivity (Wildman–Crippen MR) is 165 cm³/mol. The number of aromatic nitrogens is 3. The number of likely N-dealkylation sites (tertiary alicyclic amines) is 1. The molecule has 3 aliphatic rings. The van der Waals surface area contributed by atoms with Crippen LogP contribution >= 0.6 is 11.6 Å². The van der Waals surface area contributed by atoms with Crippen molar-refractivity contribution in [2.45, 2.75) is 83.6 Å². The summed E-state index contributed by atoms with van der Waals surface area (Å²) in [5.74, 6) is -0.0268. The summed E-state index contributed by atoms with van der Waals surface area (Å²) in [5, 5.41) is 0.715. The molecule has 228 valence electrons. The highest BCUT2D eigenvalue weighted by Crippen LogP contribution is 2.38. The molecule has 2 saturated heterocycles. The zero-order valence-corrected chi connectivity index (χ0v) is 26.3. The number of amides is 2. The van der Waals surface area contributed by atoms with E-state index in [0.717, 1.165) is 42.6 Å². The number of hydrogen-bond acceptors (Lipinski definition) is 6. The number of carbonyl (C=O) groups is 2. The van der Waals surface area contributed by atoms with Crippen LogP contribution in [0, 0.1) is 6.92 Å². The molecule has 1 aromatic carbocycles. The van der Waals surface area contributed by atoms with E-state index in [-0.39, 0.29) is 18.0 Å². The van der Waals surface area contributed by atoms with Gasteiger partial charge >= 0.3 is 6.09 Å². The fraction of sp³-hybridized carbons (Fsp3) is 0.515. The number of ether oxygens (including phenoxy) is 1. The molecule has 0 N–H and O–H groups in total. The molecule has 0 bridgehead atoms. The van der Waals surface area contributed by atoms with Crippen molar-refractivity contribution in [2.24, 2.45) is 0 Å². The first-order chi connectivity index (χ1) is 20.6. The molecule has 2 aliphatic heterocycles. The Morgan fingerprint density at radius 2 is 1.86 bits per heavy atom. The number of imidazole rings is 1. The Balaban J connectivity index is 1.34. The maximum Gasteiger partial charge on any atom is 0.411 e. The van der Waals surface area contributed by atoms with E-state index < -0.39 is 17.7 Å². The smallest absolute Gasteiger partial charge is 0.411 e. The number of fused-ring (bicyclic) bond motifs is 2. The first-order valence-electron chi connectivity index (χ1n) is 15.3. The van der Waals surface area contributed by atoms with Gasteiger partial charge in [0.25, 0.3) is 0 Å². The first-order valence-corrected chi connectivity index (χ1v) is 15.7. The molecule has 1 aliphatic carbocycles. The van der Waals surface area contributed by atoms with Gasteiger partial charge in [0.1, 0.15) is 11.6 Å². The highest BCUT2D eigenvalue weighted by molar-refractivity contribution is 6.30. The number of benzene rings is 1. The fourth-order valence-corrected chi connectivity index (χ4v) is 7.06. The molecule has 0 saturated carbocycles. The lowest BCUT2D eigenvalue weighted by Crippen LogP contribution is -2.62. The van der Waals surface area contributed by atoms with E-state index in [1.165, 1.54) is 11.1 Å². The van der Waals surface area contributed by atoms with E-state index >= 15 is 0 Å². The summed E-state index contributed by atoms with van der Waals surface area (Å²) in [6.07, 6.45) is 8.82. The second-order valence-electron chi connectivity index (χ2n) is 13.0. The molecule has 2 aromatic heterocycles. The van der Waals surface area contributed by atoms with E-state index in [1.54, 1.807) is 4.90 Å². The molecule has 0 radical (unpaired) electrons. The van der Waals surface area contributed by atoms with Crippen LogP contribution in [0.4, 0.5) is 4.79 Å². The van der Waals surface area contributed by atoms with E-state index in [2.05, 4.69) is 32.7 Å². The number of halogens is 1. The summed E-state index contributed by atoms with van der Waals surface area (Å²) in [7, 11) is 0. The lowest BCUT2D eigenvalue weighted by molar-refractivity contribution is -0.140. The minimum absolute atomic E-state index is 0.0268. The molecular formula is C33H41ClN6O3. The van der Waals surface area contributed by atoms with Crippen molar-refractivity contribution >= 4 is 23.6 Å². The fourth-order valence-electron chi connectivity index (χ4n) is 6.86. The molecule has 1 unspecified atom stereocenters. The minimum Gasteiger partial charge on any atom is -0.444 e. The average Bonchev–Trinajstić information content (AvgIpc) is 3.56. The Hall–Kier alpha value is -3.43. The number of aryl methyl sites for hydroxylation is 3. The number of rotatable bonds is 4. The highest BCUT2D eigenvalue weighted by Gasteiger charge is 2.44. The number of hydrogen-bond donors (Lipinski definition) is 0. The molecule has 6 rings (SSSR count). The van der Waals surface area contributed by atoms with Gasteiger partial charge in [-0.05, 0) is 88.3 Å². The van der Waals surface area contributed by atoms with Crippen LogP contribution in [0.1, 0.15) is 67.7 Å². The second-order valence-corrected chi connectivity index (χ2v) is 13.5. The standard InChI is InChI=1S/C33H41ClN6O3/c1-22-18-37(21-36-22)19-26-8-6-14-39(26)31(41)28-20-38(15-16-40(28)32(42)43-33(2,3)4)30-27-12-11-25(34)17-24(27)10-9-23-7-5-13-35-29(23)30/h5,7,11-13,17-18,21,26,28,30H,6,8-10,14-16,19-20H2,1-4H3/t26-,28+,30?/m0/s1. The second kappa shape index (κ2) is 11.9. The van der Waals surface area contributed by atoms with Crippen LogP contribution in [0.25, 0.3) is 0 Å². The van der Waals surface area contributed by atoms with Gasteiger partial charge in [-0.3, -0.25) is 19.6 Å². The Bertz CT molecular complexity index is 1500. The monoisotopic (exact) mass is 604 g/mol. The van der Waals surface area contributed by atoms with Gasteiger partial charge in [-0.15, -0.1) is 0 Å². The molecule has 2 amide bonds. The van der Waals surface area contributed by atoms with E-state index in [4.69, 9.17) is 21.3 Å². The van der Waals surface area contributed by atoms with Gasteiger partial charge in [0.15, 0.2) is 0 Å². The van der Waals surface area contributed by atoms with Gasteiger partial charge < -0.3 is 14.2 Å². The number of nitrogens with zero attached hydrogens (tertiary/aromatic N) is 6. The topological polar surface area (TPSA) is 83.8 Å². The molecule has 3 aromatic rings. The lowest BCUT2D eigenvalue weighted by Gasteiger charge is -2.45. The Morgan fingerprint density at radius 3 is 2.63 bits per heavy atom. The Labute approximate surface area is 258 Å². The quantitative estimate of drug-likeness (QED) is 0.415. The maximum absolute atomic E-state index is 14.5. The van der Waals surface area contributed by atoms with E-state index in [1.807, 2.05) is 63.4 Å². The number of carbonyl (C=O) groups excluding carboxylic acids is 2. The van der Waals surface area contributed by atoms with Gasteiger partial charge in [0, 0.05) is 56.2 Å². The van der Waals surface area contributed by atoms with Gasteiger partial charge in [0.2, 0.25) is 5.91 Å². The highest BCUT2D eigenvalue weighted by atomic mass is 35.5. The van der Waals surface area contributed by atoms with Crippen LogP contribution in [0.2, 0.25) is 5.02 Å². The molecule has 43 heavy (non-hydrogen) atoms. The van der Waals surface area contributed by atoms with Crippen molar-refractivity contribution in [3.8, 4) is 0 Å². The zero-order valence-electron chi connectivity index (χ0n) is 25.5. The third-order valence-electron chi connectivity index (χ3n) is 8.78. The molecule has 9 nitrogen and oxygen atoms in total. The van der Waals surface area contributed by atoms with Crippen molar-refractivity contribution in [1.82, 2.24) is 29.2 Å². The summed E-state index contributed by atoms with van der Waals surface area (Å²) in [6, 6.07) is 9.45. The minimum atomic E-state index is -0.681. The van der Waals surface area contributed by atoms with Crippen LogP contribution in [-0.2, 0) is 28.9 Å². The summed E-state index contributed by atoms with van der Waals surface area (Å²) in [5.41, 5.74) is 4.85. The average molecular weight is 605 g/mol. The van der Waals surface area contributed by atoms with Crippen LogP contribution < -0.4 is 0 Å². The van der Waals surface area contributed by atoms with Crippen molar-refractivity contribution in [1.29, 1.82) is 0 Å². The SMILES string of the molecule is Cc1cn(C[C@@H]2CCCN2C(=O)[C@H]2CN(C3c4ccc(Cl)cc4CCc4cccnc43)CCN2C(=O)OC(C)(C)C)cn1. The summed E-state index contributed by atoms with van der Waals surface area (Å²) < 4.78 is 7.89. The number of piperazine rings is 1. The summed E-state index contributed by atoms with van der Waals surface area (Å²) in [4.78, 5) is 43.3. The van der Waals surface area contributed by atoms with Gasteiger partial charge in [-0.25, -0.2) is 9.78 Å². The third-order valence-corrected chi connectivity index (χ3v) is 9.02. The van der Waals surface area contributed by atoms with E-state index in [9.17, 15) is 9.59 Å². The van der Waals surface area contributed by atoms with Crippen molar-refractivity contribution < 1.29 is 14.3 Å². The van der Waals surface area contributed by atoms with Crippen LogP contribution in [-0.4, -0.2) is 85.1 Å². The normalized spacial score (nSPS) is 22.6. The number of pyridine rings is 1. The molecular weight excluding hydrogens is 564 g/mol. The van der Waals surface area contributed by atoms with Gasteiger partial charge in [-0.2, -0.15) is 0 Å². The van der Waals surface area contributed by atoms with Crippen LogP contribution in [0.5, 0.6) is 0 Å². The van der Waals surface area contributed by atoms with Gasteiger partial charge in [-0.1, -0.05) is 23.7 Å². The zero-order chi connectivity index (χ0) is 30.3. The third kappa shape index (κ3) is 6.29. The van der Waals surface area contributed by atoms with E-state index in [0.29, 0.717) is 37.7 Å². The molecule has 3 atom stereocenters. The van der Waals surface area contributed by atoms with Crippen LogP contribution in [0.3, 0.4) is 0 Å². The Kier molecular flexibility index (Phi) is 8.22. The summed E-state index contributed by atoms with van der Waals surface area (Å²) in [6.45, 7) is 10.3. The molecule has 2 fully saturated rings. The Morgan fingerprint density at radius 1 is 1.05 bits per heavy atom. The van der Waals surface area contributed by atoms with Gasteiger partial charge in [0.05, 0.1) is 23.8 Å². The first kappa shape index (κ1) is 29.6. The maximum atomic E-state index is 14.5. The van der Waals surface area contributed by atoms with Crippen molar-refractivity contribution in [3.63, 3.8) is 0 Å². The van der Waals surface area contributed by atoms with Crippen molar-refractivity contribution in [3.05, 3.63) is 82.2 Å². The predicted octanol–water partition coefficient (Wildman–Crippen LogP) is 5.04. The lowest BCUT2D eigenvalue weighted by atomic mass is 9.95. The molecule has 0 spiro atoms. The van der Waals surface area contributed by atoms with Crippen molar-refractivity contribution in [2.75, 3.05) is 26.2 Å². The largest absolute Gasteiger partial charge is 0.444 e.